The number of amides is 2. The minimum absolute atomic E-state index is 0.200. The number of para-hydroxylation sites is 1. The molecule has 26 heavy (non-hydrogen) atoms. The number of nitrogens with zero attached hydrogens (tertiary/aromatic N) is 1. The van der Waals surface area contributed by atoms with Crippen LogP contribution in [-0.2, 0) is 6.54 Å². The number of aryl methyl sites for hydroxylation is 1. The van der Waals surface area contributed by atoms with Gasteiger partial charge in [0, 0.05) is 16.9 Å². The second-order valence-electron chi connectivity index (χ2n) is 5.84. The predicted octanol–water partition coefficient (Wildman–Crippen LogP) is 4.50. The molecule has 0 atom stereocenters. The maximum Gasteiger partial charge on any atom is 0.323 e. The van der Waals surface area contributed by atoms with Crippen LogP contribution >= 0.6 is 11.6 Å². The first-order chi connectivity index (χ1) is 12.5. The van der Waals surface area contributed by atoms with Gasteiger partial charge < -0.3 is 15.2 Å². The number of carbonyl (C=O) groups excluding carboxylic acids is 1. The lowest BCUT2D eigenvalue weighted by Crippen LogP contribution is -2.28. The number of pyridine rings is 1. The topological polar surface area (TPSA) is 63.1 Å². The average molecular weight is 368 g/mol. The van der Waals surface area contributed by atoms with Crippen molar-refractivity contribution in [2.75, 3.05) is 10.6 Å². The molecule has 132 valence electrons. The van der Waals surface area contributed by atoms with Gasteiger partial charge in [0.05, 0.1) is 6.54 Å². The quantitative estimate of drug-likeness (QED) is 0.713. The Bertz CT molecular complexity index is 998. The molecule has 0 spiro atoms. The summed E-state index contributed by atoms with van der Waals surface area (Å²) in [5, 5.41) is 5.95. The summed E-state index contributed by atoms with van der Waals surface area (Å²) < 4.78 is 1.50. The van der Waals surface area contributed by atoms with Gasteiger partial charge in [-0.25, -0.2) is 4.79 Å². The first-order valence-electron chi connectivity index (χ1n) is 8.11. The van der Waals surface area contributed by atoms with Gasteiger partial charge in [0.15, 0.2) is 0 Å². The van der Waals surface area contributed by atoms with Gasteiger partial charge in [-0.15, -0.1) is 0 Å². The third kappa shape index (κ3) is 4.13. The van der Waals surface area contributed by atoms with Gasteiger partial charge in [-0.05, 0) is 42.3 Å². The standard InChI is InChI=1S/C20H18ClN3O2/c1-14-7-2-5-10-17(14)22-20(26)23-18-11-6-12-24(19(18)25)13-15-8-3-4-9-16(15)21/h2-12H,13H2,1H3,(H2,22,23,26). The molecule has 0 radical (unpaired) electrons. The monoisotopic (exact) mass is 367 g/mol. The van der Waals surface area contributed by atoms with Crippen LogP contribution in [-0.4, -0.2) is 10.6 Å². The van der Waals surface area contributed by atoms with Crippen molar-refractivity contribution in [1.82, 2.24) is 4.57 Å². The fourth-order valence-electron chi connectivity index (χ4n) is 2.56. The van der Waals surface area contributed by atoms with E-state index in [0.717, 1.165) is 11.1 Å². The van der Waals surface area contributed by atoms with Gasteiger partial charge in [0.2, 0.25) is 0 Å². The molecule has 0 fully saturated rings. The Morgan fingerprint density at radius 2 is 1.62 bits per heavy atom. The summed E-state index contributed by atoms with van der Waals surface area (Å²) in [6.07, 6.45) is 1.66. The molecule has 0 aliphatic carbocycles. The Balaban J connectivity index is 1.77. The maximum absolute atomic E-state index is 12.6. The van der Waals surface area contributed by atoms with E-state index < -0.39 is 6.03 Å². The van der Waals surface area contributed by atoms with Crippen LogP contribution in [0.3, 0.4) is 0 Å². The molecule has 0 aliphatic rings. The Kier molecular flexibility index (Phi) is 5.39. The molecule has 5 nitrogen and oxygen atoms in total. The lowest BCUT2D eigenvalue weighted by atomic mass is 10.2. The molecule has 1 heterocycles. The highest BCUT2D eigenvalue weighted by atomic mass is 35.5. The molecule has 3 rings (SSSR count). The van der Waals surface area contributed by atoms with Gasteiger partial charge in [0.25, 0.3) is 5.56 Å². The second-order valence-corrected chi connectivity index (χ2v) is 6.25. The molecule has 6 heteroatoms. The van der Waals surface area contributed by atoms with E-state index in [4.69, 9.17) is 11.6 Å². The summed E-state index contributed by atoms with van der Waals surface area (Å²) in [7, 11) is 0. The largest absolute Gasteiger partial charge is 0.323 e. The Morgan fingerprint density at radius 3 is 2.38 bits per heavy atom. The van der Waals surface area contributed by atoms with Crippen molar-refractivity contribution < 1.29 is 4.79 Å². The van der Waals surface area contributed by atoms with Gasteiger partial charge in [-0.2, -0.15) is 0 Å². The molecule has 2 aromatic carbocycles. The highest BCUT2D eigenvalue weighted by molar-refractivity contribution is 6.31. The van der Waals surface area contributed by atoms with Crippen LogP contribution in [0.2, 0.25) is 5.02 Å². The van der Waals surface area contributed by atoms with E-state index in [1.165, 1.54) is 4.57 Å². The van der Waals surface area contributed by atoms with E-state index >= 15 is 0 Å². The Morgan fingerprint density at radius 1 is 0.962 bits per heavy atom. The minimum Gasteiger partial charge on any atom is -0.309 e. The first kappa shape index (κ1) is 17.8. The summed E-state index contributed by atoms with van der Waals surface area (Å²) in [5.41, 5.74) is 2.36. The fraction of sp³-hybridized carbons (Fsp3) is 0.100. The van der Waals surface area contributed by atoms with Crippen LogP contribution in [0.4, 0.5) is 16.2 Å². The number of hydrogen-bond acceptors (Lipinski definition) is 2. The van der Waals surface area contributed by atoms with E-state index in [-0.39, 0.29) is 11.2 Å². The summed E-state index contributed by atoms with van der Waals surface area (Å²) in [6.45, 7) is 2.22. The first-order valence-corrected chi connectivity index (χ1v) is 8.49. The van der Waals surface area contributed by atoms with Crippen LogP contribution in [0.15, 0.2) is 71.7 Å². The summed E-state index contributed by atoms with van der Waals surface area (Å²) in [5.74, 6) is 0. The van der Waals surface area contributed by atoms with Crippen LogP contribution < -0.4 is 16.2 Å². The zero-order chi connectivity index (χ0) is 18.5. The Labute approximate surface area is 156 Å². The number of nitrogens with one attached hydrogen (secondary N) is 2. The molecule has 0 unspecified atom stereocenters. The highest BCUT2D eigenvalue weighted by Gasteiger charge is 2.10. The molecule has 3 aromatic rings. The summed E-state index contributed by atoms with van der Waals surface area (Å²) in [6, 6.07) is 17.6. The van der Waals surface area contributed by atoms with Gasteiger partial charge in [-0.3, -0.25) is 4.79 Å². The van der Waals surface area contributed by atoms with E-state index in [0.29, 0.717) is 17.3 Å². The van der Waals surface area contributed by atoms with Crippen molar-refractivity contribution in [2.45, 2.75) is 13.5 Å². The van der Waals surface area contributed by atoms with Crippen molar-refractivity contribution in [3.05, 3.63) is 93.4 Å². The number of hydrogen-bond donors (Lipinski definition) is 2. The van der Waals surface area contributed by atoms with Crippen molar-refractivity contribution in [1.29, 1.82) is 0 Å². The zero-order valence-corrected chi connectivity index (χ0v) is 15.0. The molecular weight excluding hydrogens is 350 g/mol. The lowest BCUT2D eigenvalue weighted by molar-refractivity contribution is 0.262. The van der Waals surface area contributed by atoms with Crippen molar-refractivity contribution >= 4 is 29.0 Å². The van der Waals surface area contributed by atoms with Crippen LogP contribution in [0.25, 0.3) is 0 Å². The average Bonchev–Trinajstić information content (AvgIpc) is 2.62. The van der Waals surface area contributed by atoms with Gasteiger partial charge in [0.1, 0.15) is 5.69 Å². The molecular formula is C20H18ClN3O2. The number of anilines is 2. The number of urea groups is 1. The second kappa shape index (κ2) is 7.89. The normalized spacial score (nSPS) is 10.4. The summed E-state index contributed by atoms with van der Waals surface area (Å²) in [4.78, 5) is 24.8. The predicted molar refractivity (Wildman–Crippen MR) is 105 cm³/mol. The highest BCUT2D eigenvalue weighted by Crippen LogP contribution is 2.16. The lowest BCUT2D eigenvalue weighted by Gasteiger charge is -2.12. The molecule has 0 aliphatic heterocycles. The van der Waals surface area contributed by atoms with E-state index in [1.54, 1.807) is 30.5 Å². The number of halogens is 1. The molecule has 1 aromatic heterocycles. The van der Waals surface area contributed by atoms with Crippen LogP contribution in [0, 0.1) is 6.92 Å². The van der Waals surface area contributed by atoms with E-state index in [2.05, 4.69) is 10.6 Å². The maximum atomic E-state index is 12.6. The Hall–Kier alpha value is -3.05. The molecule has 2 amide bonds. The fourth-order valence-corrected chi connectivity index (χ4v) is 2.75. The smallest absolute Gasteiger partial charge is 0.309 e. The van der Waals surface area contributed by atoms with Gasteiger partial charge >= 0.3 is 6.03 Å². The number of benzene rings is 2. The molecule has 0 saturated heterocycles. The van der Waals surface area contributed by atoms with E-state index in [9.17, 15) is 9.59 Å². The molecule has 0 bridgehead atoms. The zero-order valence-electron chi connectivity index (χ0n) is 14.2. The number of carbonyl (C=O) groups is 1. The minimum atomic E-state index is -0.466. The van der Waals surface area contributed by atoms with Crippen LogP contribution in [0.1, 0.15) is 11.1 Å². The van der Waals surface area contributed by atoms with Crippen LogP contribution in [0.5, 0.6) is 0 Å². The van der Waals surface area contributed by atoms with E-state index in [1.807, 2.05) is 43.3 Å². The van der Waals surface area contributed by atoms with Crippen molar-refractivity contribution in [2.24, 2.45) is 0 Å². The van der Waals surface area contributed by atoms with Gasteiger partial charge in [-0.1, -0.05) is 48.0 Å². The SMILES string of the molecule is Cc1ccccc1NC(=O)Nc1cccn(Cc2ccccc2Cl)c1=O. The number of rotatable bonds is 4. The third-order valence-corrected chi connectivity index (χ3v) is 4.33. The van der Waals surface area contributed by atoms with Crippen molar-refractivity contribution in [3.8, 4) is 0 Å². The molecule has 2 N–H and O–H groups in total. The summed E-state index contributed by atoms with van der Waals surface area (Å²) >= 11 is 6.16. The third-order valence-electron chi connectivity index (χ3n) is 3.96. The number of aromatic nitrogens is 1. The van der Waals surface area contributed by atoms with Crippen molar-refractivity contribution in [3.63, 3.8) is 0 Å². The molecule has 0 saturated carbocycles.